The van der Waals surface area contributed by atoms with Crippen LogP contribution in [0.1, 0.15) is 79.5 Å². The number of amides is 2. The molecule has 4 saturated carbocycles. The van der Waals surface area contributed by atoms with Gasteiger partial charge in [-0.1, -0.05) is 66.4 Å². The first-order chi connectivity index (χ1) is 20.8. The highest BCUT2D eigenvalue weighted by Crippen LogP contribution is 2.55. The van der Waals surface area contributed by atoms with Gasteiger partial charge in [-0.05, 0) is 86.5 Å². The molecule has 0 spiro atoms. The second-order valence-electron chi connectivity index (χ2n) is 13.1. The summed E-state index contributed by atoms with van der Waals surface area (Å²) >= 11 is 3.25. The lowest BCUT2D eigenvalue weighted by molar-refractivity contribution is -0.268. The second kappa shape index (κ2) is 12.1. The molecule has 4 aliphatic carbocycles. The average Bonchev–Trinajstić information content (AvgIpc) is 3.41. The van der Waals surface area contributed by atoms with Crippen LogP contribution >= 0.6 is 23.1 Å². The summed E-state index contributed by atoms with van der Waals surface area (Å²) in [5, 5.41) is 25.4. The van der Waals surface area contributed by atoms with Crippen LogP contribution in [0, 0.1) is 30.6 Å². The van der Waals surface area contributed by atoms with Gasteiger partial charge in [0.1, 0.15) is 5.01 Å². The van der Waals surface area contributed by atoms with Gasteiger partial charge >= 0.3 is 6.03 Å². The Kier molecular flexibility index (Phi) is 8.24. The predicted molar refractivity (Wildman–Crippen MR) is 168 cm³/mol. The third-order valence-corrected chi connectivity index (χ3v) is 11.9. The maximum Gasteiger partial charge on any atom is 0.319 e. The minimum atomic E-state index is -0.560. The largest absolute Gasteiger partial charge is 0.392 e. The first-order valence-electron chi connectivity index (χ1n) is 15.5. The van der Waals surface area contributed by atoms with Crippen molar-refractivity contribution in [3.05, 3.63) is 70.2 Å². The van der Waals surface area contributed by atoms with Gasteiger partial charge in [-0.15, -0.1) is 10.2 Å². The third-order valence-electron chi connectivity index (χ3n) is 9.86. The molecule has 1 aromatic heterocycles. The van der Waals surface area contributed by atoms with E-state index in [4.69, 9.17) is 9.47 Å². The van der Waals surface area contributed by atoms with Gasteiger partial charge in [0.05, 0.1) is 18.8 Å². The van der Waals surface area contributed by atoms with E-state index in [1.165, 1.54) is 19.3 Å². The molecular formula is C33H40N4O4S2. The molecule has 0 radical (unpaired) electrons. The summed E-state index contributed by atoms with van der Waals surface area (Å²) in [6.45, 7) is 4.13. The van der Waals surface area contributed by atoms with Crippen molar-refractivity contribution < 1.29 is 19.4 Å². The number of ether oxygens (including phenoxy) is 2. The zero-order chi connectivity index (χ0) is 29.6. The average molecular weight is 621 g/mol. The van der Waals surface area contributed by atoms with E-state index in [0.717, 1.165) is 74.5 Å². The van der Waals surface area contributed by atoms with Crippen LogP contribution in [-0.2, 0) is 16.1 Å². The lowest BCUT2D eigenvalue weighted by atomic mass is 9.53. The first kappa shape index (κ1) is 29.2. The summed E-state index contributed by atoms with van der Waals surface area (Å²) in [6.07, 6.45) is 6.61. The number of hydrogen-bond acceptors (Lipinski definition) is 8. The Morgan fingerprint density at radius 2 is 1.63 bits per heavy atom. The van der Waals surface area contributed by atoms with E-state index in [0.29, 0.717) is 0 Å². The van der Waals surface area contributed by atoms with Gasteiger partial charge in [0, 0.05) is 28.5 Å². The van der Waals surface area contributed by atoms with E-state index >= 15 is 0 Å². The van der Waals surface area contributed by atoms with Crippen LogP contribution in [0.2, 0.25) is 0 Å². The van der Waals surface area contributed by atoms with Crippen molar-refractivity contribution >= 4 is 34.8 Å². The lowest BCUT2D eigenvalue weighted by Crippen LogP contribution is -2.60. The molecule has 43 heavy (non-hydrogen) atoms. The molecule has 5 fully saturated rings. The minimum Gasteiger partial charge on any atom is -0.392 e. The minimum absolute atomic E-state index is 0.00850. The summed E-state index contributed by atoms with van der Waals surface area (Å²) in [7, 11) is 0. The summed E-state index contributed by atoms with van der Waals surface area (Å²) in [6, 6.07) is 15.7. The van der Waals surface area contributed by atoms with Crippen LogP contribution in [0.4, 0.5) is 10.5 Å². The standard InChI is InChI=1S/C33H40N4O4S2/c1-19-28(18-42-32-37-36-20(2)43-32)40-30(41-29(19)25-5-3-21(17-38)4-6-25)26-7-9-27(10-8-26)34-31(39)35-33-14-22-11-23(15-33)13-24(12-22)16-33/h3-10,19,22-24,28-30,38H,11-18H2,1-2H3,(H2,34,35,39). The Labute approximate surface area is 261 Å². The van der Waals surface area contributed by atoms with Crippen molar-refractivity contribution in [2.45, 2.75) is 87.4 Å². The molecule has 228 valence electrons. The van der Waals surface area contributed by atoms with Crippen molar-refractivity contribution in [1.82, 2.24) is 15.5 Å². The number of aryl methyl sites for hydroxylation is 1. The van der Waals surface area contributed by atoms with E-state index in [-0.39, 0.29) is 36.3 Å². The maximum absolute atomic E-state index is 13.1. The van der Waals surface area contributed by atoms with Crippen molar-refractivity contribution in [3.8, 4) is 0 Å². The first-order valence-corrected chi connectivity index (χ1v) is 17.3. The molecule has 2 amide bonds. The Balaban J connectivity index is 1.04. The molecule has 4 atom stereocenters. The fraction of sp³-hybridized carbons (Fsp3) is 0.545. The lowest BCUT2D eigenvalue weighted by Gasteiger charge is -2.56. The van der Waals surface area contributed by atoms with Crippen molar-refractivity contribution in [2.75, 3.05) is 11.1 Å². The van der Waals surface area contributed by atoms with Gasteiger partial charge in [-0.2, -0.15) is 0 Å². The third kappa shape index (κ3) is 6.35. The smallest absolute Gasteiger partial charge is 0.319 e. The van der Waals surface area contributed by atoms with Gasteiger partial charge in [0.15, 0.2) is 10.6 Å². The number of benzene rings is 2. The van der Waals surface area contributed by atoms with Gasteiger partial charge in [0.2, 0.25) is 0 Å². The van der Waals surface area contributed by atoms with Gasteiger partial charge in [0.25, 0.3) is 0 Å². The molecule has 3 N–H and O–H groups in total. The number of thioether (sulfide) groups is 1. The zero-order valence-corrected chi connectivity index (χ0v) is 26.3. The van der Waals surface area contributed by atoms with E-state index in [1.807, 2.05) is 55.5 Å². The predicted octanol–water partition coefficient (Wildman–Crippen LogP) is 7.01. The fourth-order valence-corrected chi connectivity index (χ4v) is 10.2. The Bertz CT molecular complexity index is 1390. The zero-order valence-electron chi connectivity index (χ0n) is 24.7. The number of nitrogens with one attached hydrogen (secondary N) is 2. The number of aliphatic hydroxyl groups excluding tert-OH is 1. The van der Waals surface area contributed by atoms with Crippen LogP contribution in [0.25, 0.3) is 0 Å². The molecule has 4 bridgehead atoms. The number of aliphatic hydroxyl groups is 1. The summed E-state index contributed by atoms with van der Waals surface area (Å²) in [5.74, 6) is 3.16. The highest BCUT2D eigenvalue weighted by Gasteiger charge is 2.51. The van der Waals surface area contributed by atoms with Crippen LogP contribution in [-0.4, -0.2) is 38.7 Å². The molecule has 8 rings (SSSR count). The second-order valence-corrected chi connectivity index (χ2v) is 15.6. The highest BCUT2D eigenvalue weighted by atomic mass is 32.2. The molecule has 1 saturated heterocycles. The molecular weight excluding hydrogens is 581 g/mol. The summed E-state index contributed by atoms with van der Waals surface area (Å²) in [4.78, 5) is 13.1. The number of carbonyl (C=O) groups excluding carboxylic acids is 1. The topological polar surface area (TPSA) is 106 Å². The fourth-order valence-electron chi connectivity index (χ4n) is 8.19. The molecule has 2 heterocycles. The Morgan fingerprint density at radius 1 is 0.977 bits per heavy atom. The number of rotatable bonds is 8. The Morgan fingerprint density at radius 3 is 2.23 bits per heavy atom. The number of carbonyl (C=O) groups is 1. The number of anilines is 1. The number of hydrogen-bond donors (Lipinski definition) is 3. The monoisotopic (exact) mass is 620 g/mol. The number of aromatic nitrogens is 2. The maximum atomic E-state index is 13.1. The summed E-state index contributed by atoms with van der Waals surface area (Å²) < 4.78 is 14.1. The van der Waals surface area contributed by atoms with Crippen LogP contribution < -0.4 is 10.6 Å². The van der Waals surface area contributed by atoms with E-state index in [9.17, 15) is 9.90 Å². The molecule has 4 unspecified atom stereocenters. The number of urea groups is 1. The molecule has 3 aromatic rings. The van der Waals surface area contributed by atoms with Crippen LogP contribution in [0.15, 0.2) is 52.9 Å². The van der Waals surface area contributed by atoms with Gasteiger partial charge in [-0.25, -0.2) is 4.79 Å². The molecule has 8 nitrogen and oxygen atoms in total. The summed E-state index contributed by atoms with van der Waals surface area (Å²) in [5.41, 5.74) is 3.56. The quantitative estimate of drug-likeness (QED) is 0.233. The van der Waals surface area contributed by atoms with Gasteiger partial charge < -0.3 is 25.2 Å². The van der Waals surface area contributed by atoms with Crippen LogP contribution in [0.5, 0.6) is 0 Å². The van der Waals surface area contributed by atoms with Crippen LogP contribution in [0.3, 0.4) is 0 Å². The van der Waals surface area contributed by atoms with Gasteiger partial charge in [-0.3, -0.25) is 0 Å². The van der Waals surface area contributed by atoms with E-state index < -0.39 is 6.29 Å². The molecule has 1 aliphatic heterocycles. The molecule has 2 aromatic carbocycles. The van der Waals surface area contributed by atoms with Crippen molar-refractivity contribution in [1.29, 1.82) is 0 Å². The van der Waals surface area contributed by atoms with Crippen molar-refractivity contribution in [2.24, 2.45) is 23.7 Å². The van der Waals surface area contributed by atoms with E-state index in [2.05, 4.69) is 27.8 Å². The number of nitrogens with zero attached hydrogens (tertiary/aromatic N) is 2. The van der Waals surface area contributed by atoms with Crippen molar-refractivity contribution in [3.63, 3.8) is 0 Å². The molecule has 5 aliphatic rings. The highest BCUT2D eigenvalue weighted by molar-refractivity contribution is 8.01. The normalized spacial score (nSPS) is 33.0. The SMILES string of the molecule is Cc1nnc(SCC2OC(c3ccc(NC(=O)NC45CC6CC(CC(C6)C4)C5)cc3)OC(c3ccc(CO)cc3)C2C)s1. The Hall–Kier alpha value is -2.50. The van der Waals surface area contributed by atoms with E-state index in [1.54, 1.807) is 23.1 Å². The molecule has 10 heteroatoms.